The standard InChI is InChI=1S/C30H31FN6O2S2/c31-26-14-20(3-1-9-38-29-27(32-40-34-29)24-12-22-5-7-36(16-22)18-24)11-21(15-26)4-2-10-39-30-28(33-41-35-30)25-13-23-6-8-37(17-23)19-25/h11,14-15,22-25H,5-10,12-13,16-19H2/t22?,23?,24-,25-/m0/s1. The Morgan fingerprint density at radius 1 is 0.732 bits per heavy atom. The molecule has 0 radical (unpaired) electrons. The first-order valence-corrected chi connectivity index (χ1v) is 15.8. The number of hydrogen-bond donors (Lipinski definition) is 0. The van der Waals surface area contributed by atoms with E-state index in [1.165, 1.54) is 74.6 Å². The lowest BCUT2D eigenvalue weighted by Crippen LogP contribution is -2.32. The van der Waals surface area contributed by atoms with Crippen molar-refractivity contribution in [1.29, 1.82) is 0 Å². The number of piperidine rings is 2. The summed E-state index contributed by atoms with van der Waals surface area (Å²) in [6.07, 6.45) is 4.83. The minimum absolute atomic E-state index is 0.160. The maximum Gasteiger partial charge on any atom is 0.250 e. The number of halogens is 1. The van der Waals surface area contributed by atoms with Crippen LogP contribution >= 0.6 is 23.5 Å². The van der Waals surface area contributed by atoms with Gasteiger partial charge in [-0.25, -0.2) is 4.39 Å². The summed E-state index contributed by atoms with van der Waals surface area (Å²) in [6.45, 7) is 7.11. The molecular weight excluding hydrogens is 560 g/mol. The number of fused-ring (bicyclic) bond motifs is 4. The zero-order valence-corrected chi connectivity index (χ0v) is 24.4. The highest BCUT2D eigenvalue weighted by Crippen LogP contribution is 2.39. The van der Waals surface area contributed by atoms with E-state index in [9.17, 15) is 4.39 Å². The third kappa shape index (κ3) is 6.24. The van der Waals surface area contributed by atoms with Gasteiger partial charge in [0, 0.05) is 49.1 Å². The van der Waals surface area contributed by atoms with E-state index in [1.54, 1.807) is 6.07 Å². The second kappa shape index (κ2) is 12.0. The molecule has 11 heteroatoms. The highest BCUT2D eigenvalue weighted by Gasteiger charge is 2.36. The monoisotopic (exact) mass is 590 g/mol. The van der Waals surface area contributed by atoms with Gasteiger partial charge in [0.05, 0.1) is 23.5 Å². The predicted molar refractivity (Wildman–Crippen MR) is 155 cm³/mol. The van der Waals surface area contributed by atoms with Crippen LogP contribution in [0.1, 0.15) is 60.0 Å². The Morgan fingerprint density at radius 3 is 1.73 bits per heavy atom. The zero-order chi connectivity index (χ0) is 27.6. The fourth-order valence-corrected chi connectivity index (χ4v) is 7.96. The average molecular weight is 591 g/mol. The fourth-order valence-electron chi connectivity index (χ4n) is 6.81. The van der Waals surface area contributed by atoms with Gasteiger partial charge in [-0.3, -0.25) is 0 Å². The number of aromatic nitrogens is 4. The summed E-state index contributed by atoms with van der Waals surface area (Å²) < 4.78 is 43.8. The van der Waals surface area contributed by atoms with Crippen LogP contribution in [0, 0.1) is 41.3 Å². The van der Waals surface area contributed by atoms with Crippen molar-refractivity contribution in [3.05, 3.63) is 46.5 Å². The molecule has 0 amide bonds. The molecule has 0 spiro atoms. The Hall–Kier alpha value is -3.09. The lowest BCUT2D eigenvalue weighted by molar-refractivity contribution is 0.236. The normalized spacial score (nSPS) is 27.9. The van der Waals surface area contributed by atoms with Gasteiger partial charge in [-0.15, -0.1) is 8.75 Å². The van der Waals surface area contributed by atoms with Gasteiger partial charge in [-0.05, 0) is 68.8 Å². The first kappa shape index (κ1) is 26.8. The summed E-state index contributed by atoms with van der Waals surface area (Å²) in [5, 5.41) is 0. The van der Waals surface area contributed by atoms with E-state index < -0.39 is 0 Å². The maximum absolute atomic E-state index is 14.3. The molecule has 41 heavy (non-hydrogen) atoms. The number of nitrogens with zero attached hydrogens (tertiary/aromatic N) is 6. The van der Waals surface area contributed by atoms with Gasteiger partial charge < -0.3 is 19.3 Å². The van der Waals surface area contributed by atoms with Crippen LogP contribution < -0.4 is 9.47 Å². The SMILES string of the molecule is Fc1cc(C#CCOc2nsnc2[C@H]2CC3CCN(C3)C2)cc(C#CCOc2nsnc2[C@H]2CC3CCN(C3)C2)c1. The second-order valence-corrected chi connectivity index (χ2v) is 12.6. The molecule has 4 fully saturated rings. The summed E-state index contributed by atoms with van der Waals surface area (Å²) in [7, 11) is 0. The van der Waals surface area contributed by atoms with Crippen LogP contribution in [-0.4, -0.2) is 79.8 Å². The summed E-state index contributed by atoms with van der Waals surface area (Å²) in [4.78, 5) is 5.01. The van der Waals surface area contributed by atoms with Gasteiger partial charge in [0.25, 0.3) is 0 Å². The molecule has 1 aromatic carbocycles. The molecule has 4 saturated heterocycles. The van der Waals surface area contributed by atoms with Gasteiger partial charge in [0.15, 0.2) is 13.2 Å². The maximum atomic E-state index is 14.3. The Labute approximate surface area is 247 Å². The van der Waals surface area contributed by atoms with E-state index in [1.807, 2.05) is 0 Å². The molecule has 4 aliphatic rings. The fraction of sp³-hybridized carbons (Fsp3) is 0.533. The molecule has 4 bridgehead atoms. The molecule has 6 atom stereocenters. The van der Waals surface area contributed by atoms with Crippen molar-refractivity contribution < 1.29 is 13.9 Å². The Bertz CT molecular complexity index is 1390. The molecule has 8 nitrogen and oxygen atoms in total. The molecular formula is C30H31FN6O2S2. The van der Waals surface area contributed by atoms with Crippen molar-refractivity contribution in [3.63, 3.8) is 0 Å². The van der Waals surface area contributed by atoms with Crippen LogP contribution in [0.4, 0.5) is 4.39 Å². The highest BCUT2D eigenvalue weighted by atomic mass is 32.1. The van der Waals surface area contributed by atoms with Crippen molar-refractivity contribution in [3.8, 4) is 35.4 Å². The van der Waals surface area contributed by atoms with Crippen LogP contribution in [0.2, 0.25) is 0 Å². The molecule has 6 heterocycles. The Morgan fingerprint density at radius 2 is 1.24 bits per heavy atom. The average Bonchev–Trinajstić information content (AvgIpc) is 3.77. The van der Waals surface area contributed by atoms with Gasteiger partial charge in [0.2, 0.25) is 11.8 Å². The van der Waals surface area contributed by atoms with Crippen LogP contribution in [-0.2, 0) is 0 Å². The smallest absolute Gasteiger partial charge is 0.250 e. The molecule has 4 unspecified atom stereocenters. The van der Waals surface area contributed by atoms with Crippen LogP contribution in [0.15, 0.2) is 18.2 Å². The van der Waals surface area contributed by atoms with Crippen molar-refractivity contribution in [2.45, 2.75) is 37.5 Å². The first-order valence-electron chi connectivity index (χ1n) is 14.3. The third-order valence-electron chi connectivity index (χ3n) is 8.60. The zero-order valence-electron chi connectivity index (χ0n) is 22.7. The van der Waals surface area contributed by atoms with E-state index in [2.05, 4.69) is 51.0 Å². The molecule has 2 aromatic heterocycles. The minimum Gasteiger partial charge on any atom is -0.463 e. The van der Waals surface area contributed by atoms with E-state index in [0.717, 1.165) is 49.2 Å². The summed E-state index contributed by atoms with van der Waals surface area (Å²) in [6, 6.07) is 4.57. The minimum atomic E-state index is -0.385. The van der Waals surface area contributed by atoms with Crippen molar-refractivity contribution >= 4 is 23.5 Å². The van der Waals surface area contributed by atoms with Crippen molar-refractivity contribution in [2.24, 2.45) is 11.8 Å². The highest BCUT2D eigenvalue weighted by molar-refractivity contribution is 6.99. The van der Waals surface area contributed by atoms with Gasteiger partial charge in [-0.2, -0.15) is 8.75 Å². The van der Waals surface area contributed by atoms with Crippen molar-refractivity contribution in [2.75, 3.05) is 52.5 Å². The molecule has 0 N–H and O–H groups in total. The van der Waals surface area contributed by atoms with E-state index in [4.69, 9.17) is 9.47 Å². The Kier molecular flexibility index (Phi) is 7.86. The number of rotatable bonds is 6. The summed E-state index contributed by atoms with van der Waals surface area (Å²) >= 11 is 2.37. The molecule has 4 aliphatic heterocycles. The molecule has 7 rings (SSSR count). The lowest BCUT2D eigenvalue weighted by atomic mass is 9.89. The largest absolute Gasteiger partial charge is 0.463 e. The predicted octanol–water partition coefficient (Wildman–Crippen LogP) is 4.01. The van der Waals surface area contributed by atoms with Gasteiger partial charge in [0.1, 0.15) is 17.2 Å². The summed E-state index contributed by atoms with van der Waals surface area (Å²) in [5.74, 6) is 15.0. The third-order valence-corrected chi connectivity index (χ3v) is 9.65. The van der Waals surface area contributed by atoms with Crippen LogP contribution in [0.3, 0.4) is 0 Å². The Balaban J connectivity index is 0.938. The quantitative estimate of drug-likeness (QED) is 0.399. The van der Waals surface area contributed by atoms with E-state index >= 15 is 0 Å². The summed E-state index contributed by atoms with van der Waals surface area (Å²) in [5.41, 5.74) is 2.98. The number of benzene rings is 1. The van der Waals surface area contributed by atoms with Crippen LogP contribution in [0.5, 0.6) is 11.8 Å². The molecule has 3 aromatic rings. The topological polar surface area (TPSA) is 76.5 Å². The first-order chi connectivity index (χ1) is 20.2. The second-order valence-electron chi connectivity index (χ2n) is 11.5. The van der Waals surface area contributed by atoms with E-state index in [0.29, 0.717) is 34.7 Å². The molecule has 0 saturated carbocycles. The lowest BCUT2D eigenvalue weighted by Gasteiger charge is -2.28. The van der Waals surface area contributed by atoms with Gasteiger partial charge >= 0.3 is 0 Å². The number of ether oxygens (including phenoxy) is 2. The molecule has 0 aliphatic carbocycles. The number of hydrogen-bond acceptors (Lipinski definition) is 10. The van der Waals surface area contributed by atoms with E-state index in [-0.39, 0.29) is 19.0 Å². The van der Waals surface area contributed by atoms with Crippen molar-refractivity contribution in [1.82, 2.24) is 27.3 Å². The van der Waals surface area contributed by atoms with Crippen LogP contribution in [0.25, 0.3) is 0 Å². The molecule has 212 valence electrons. The van der Waals surface area contributed by atoms with Gasteiger partial charge in [-0.1, -0.05) is 23.7 Å².